The Morgan fingerprint density at radius 2 is 2.25 bits per heavy atom. The summed E-state index contributed by atoms with van der Waals surface area (Å²) in [5.74, 6) is -0.184. The van der Waals surface area contributed by atoms with Crippen LogP contribution in [0.5, 0.6) is 0 Å². The van der Waals surface area contributed by atoms with Crippen LogP contribution in [-0.2, 0) is 0 Å². The predicted octanol–water partition coefficient (Wildman–Crippen LogP) is -0.348. The number of nitrogen functional groups attached to an aromatic ring is 1. The summed E-state index contributed by atoms with van der Waals surface area (Å²) in [6, 6.07) is 1.77. The van der Waals surface area contributed by atoms with Gasteiger partial charge in [-0.2, -0.15) is 10.2 Å². The molecule has 2 aromatic rings. The van der Waals surface area contributed by atoms with Crippen LogP contribution in [0.2, 0.25) is 0 Å². The number of nitrogens with zero attached hydrogens (tertiary/aromatic N) is 4. The molecule has 4 N–H and O–H groups in total. The van der Waals surface area contributed by atoms with Crippen LogP contribution in [0.3, 0.4) is 0 Å². The molecule has 0 radical (unpaired) electrons. The summed E-state index contributed by atoms with van der Waals surface area (Å²) in [4.78, 5) is 11.0. The topological polar surface area (TPSA) is 113 Å². The molecule has 0 aromatic carbocycles. The van der Waals surface area contributed by atoms with Crippen molar-refractivity contribution < 1.29 is 4.79 Å². The van der Waals surface area contributed by atoms with Crippen molar-refractivity contribution in [1.82, 2.24) is 20.0 Å². The van der Waals surface area contributed by atoms with Crippen LogP contribution in [0, 0.1) is 6.92 Å². The van der Waals surface area contributed by atoms with Crippen molar-refractivity contribution in [3.05, 3.63) is 29.7 Å². The van der Waals surface area contributed by atoms with Crippen LogP contribution in [-0.4, -0.2) is 25.9 Å². The number of aryl methyl sites for hydroxylation is 1. The molecule has 0 saturated heterocycles. The molecule has 82 valence electrons. The molecular formula is C9H10N6O. The van der Waals surface area contributed by atoms with Crippen molar-refractivity contribution in [2.45, 2.75) is 6.92 Å². The van der Waals surface area contributed by atoms with Gasteiger partial charge in [-0.1, -0.05) is 0 Å². The van der Waals surface area contributed by atoms with E-state index in [0.29, 0.717) is 5.82 Å². The van der Waals surface area contributed by atoms with Crippen molar-refractivity contribution >= 4 is 11.6 Å². The summed E-state index contributed by atoms with van der Waals surface area (Å²) in [7, 11) is 0. The molecule has 7 nitrogen and oxygen atoms in total. The molecule has 0 fully saturated rings. The number of carbonyl (C=O) groups is 1. The second kappa shape index (κ2) is 3.61. The van der Waals surface area contributed by atoms with Gasteiger partial charge in [0.15, 0.2) is 11.5 Å². The number of primary amides is 1. The van der Waals surface area contributed by atoms with E-state index < -0.39 is 5.91 Å². The van der Waals surface area contributed by atoms with Crippen molar-refractivity contribution in [3.8, 4) is 5.82 Å². The maximum Gasteiger partial charge on any atom is 0.271 e. The molecule has 0 unspecified atom stereocenters. The molecule has 16 heavy (non-hydrogen) atoms. The van der Waals surface area contributed by atoms with E-state index in [9.17, 15) is 4.79 Å². The quantitative estimate of drug-likeness (QED) is 0.715. The molecular weight excluding hydrogens is 208 g/mol. The van der Waals surface area contributed by atoms with E-state index in [1.807, 2.05) is 6.92 Å². The average molecular weight is 218 g/mol. The Morgan fingerprint density at radius 3 is 2.81 bits per heavy atom. The van der Waals surface area contributed by atoms with Crippen molar-refractivity contribution in [1.29, 1.82) is 0 Å². The molecule has 0 spiro atoms. The Labute approximate surface area is 91.1 Å². The fourth-order valence-electron chi connectivity index (χ4n) is 1.26. The van der Waals surface area contributed by atoms with E-state index in [1.54, 1.807) is 12.3 Å². The maximum atomic E-state index is 11.0. The standard InChI is InChI=1S/C9H10N6O/c1-5-2-7(13-12-3-5)15-4-6(10)8(14-15)9(11)16/h2-4H,10H2,1H3,(H2,11,16). The molecule has 0 bridgehead atoms. The summed E-state index contributed by atoms with van der Waals surface area (Å²) in [6.07, 6.45) is 3.09. The van der Waals surface area contributed by atoms with E-state index >= 15 is 0 Å². The Hall–Kier alpha value is -2.44. The molecule has 2 heterocycles. The lowest BCUT2D eigenvalue weighted by Gasteiger charge is -1.98. The minimum absolute atomic E-state index is 0.0308. The first-order valence-corrected chi connectivity index (χ1v) is 4.52. The highest BCUT2D eigenvalue weighted by molar-refractivity contribution is 5.95. The first-order chi connectivity index (χ1) is 7.58. The van der Waals surface area contributed by atoms with E-state index in [4.69, 9.17) is 11.5 Å². The summed E-state index contributed by atoms with van der Waals surface area (Å²) in [6.45, 7) is 1.88. The number of hydrogen-bond donors (Lipinski definition) is 2. The molecule has 0 aliphatic rings. The molecule has 1 amide bonds. The Bertz CT molecular complexity index is 547. The molecule has 0 aliphatic carbocycles. The summed E-state index contributed by atoms with van der Waals surface area (Å²) in [5, 5.41) is 11.6. The van der Waals surface area contributed by atoms with Gasteiger partial charge in [0.2, 0.25) is 0 Å². The number of nitrogens with two attached hydrogens (primary N) is 2. The highest BCUT2D eigenvalue weighted by Gasteiger charge is 2.12. The van der Waals surface area contributed by atoms with Crippen molar-refractivity contribution in [2.24, 2.45) is 5.73 Å². The van der Waals surface area contributed by atoms with Gasteiger partial charge in [-0.3, -0.25) is 4.79 Å². The lowest BCUT2D eigenvalue weighted by atomic mass is 10.3. The molecule has 2 aromatic heterocycles. The molecule has 0 aliphatic heterocycles. The lowest BCUT2D eigenvalue weighted by molar-refractivity contribution is 0.0996. The SMILES string of the molecule is Cc1cnnc(-n2cc(N)c(C(N)=O)n2)c1. The van der Waals surface area contributed by atoms with Crippen LogP contribution in [0.1, 0.15) is 16.1 Å². The lowest BCUT2D eigenvalue weighted by Crippen LogP contribution is -2.14. The highest BCUT2D eigenvalue weighted by Crippen LogP contribution is 2.12. The van der Waals surface area contributed by atoms with Gasteiger partial charge in [0, 0.05) is 0 Å². The predicted molar refractivity (Wildman–Crippen MR) is 56.8 cm³/mol. The molecule has 0 atom stereocenters. The van der Waals surface area contributed by atoms with Gasteiger partial charge in [-0.15, -0.1) is 5.10 Å². The zero-order valence-electron chi connectivity index (χ0n) is 8.58. The van der Waals surface area contributed by atoms with E-state index in [-0.39, 0.29) is 11.4 Å². The molecule has 7 heteroatoms. The van der Waals surface area contributed by atoms with Crippen molar-refractivity contribution in [3.63, 3.8) is 0 Å². The van der Waals surface area contributed by atoms with Gasteiger partial charge >= 0.3 is 0 Å². The Kier molecular flexibility index (Phi) is 2.28. The minimum atomic E-state index is -0.670. The van der Waals surface area contributed by atoms with Crippen LogP contribution < -0.4 is 11.5 Å². The van der Waals surface area contributed by atoms with E-state index in [2.05, 4.69) is 15.3 Å². The number of rotatable bonds is 2. The van der Waals surface area contributed by atoms with Gasteiger partial charge in [-0.05, 0) is 18.6 Å². The number of hydrogen-bond acceptors (Lipinski definition) is 5. The summed E-state index contributed by atoms with van der Waals surface area (Å²) >= 11 is 0. The van der Waals surface area contributed by atoms with Crippen LogP contribution in [0.15, 0.2) is 18.5 Å². The second-order valence-electron chi connectivity index (χ2n) is 3.33. The van der Waals surface area contributed by atoms with E-state index in [0.717, 1.165) is 5.56 Å². The van der Waals surface area contributed by atoms with Gasteiger partial charge in [0.25, 0.3) is 5.91 Å². The smallest absolute Gasteiger partial charge is 0.271 e. The fraction of sp³-hybridized carbons (Fsp3) is 0.111. The number of amides is 1. The van der Waals surface area contributed by atoms with Gasteiger partial charge < -0.3 is 11.5 Å². The Balaban J connectivity index is 2.49. The van der Waals surface area contributed by atoms with Crippen LogP contribution >= 0.6 is 0 Å². The zero-order chi connectivity index (χ0) is 11.7. The second-order valence-corrected chi connectivity index (χ2v) is 3.33. The van der Waals surface area contributed by atoms with Gasteiger partial charge in [0.1, 0.15) is 0 Å². The molecule has 0 saturated carbocycles. The zero-order valence-corrected chi connectivity index (χ0v) is 8.58. The van der Waals surface area contributed by atoms with Crippen LogP contribution in [0.25, 0.3) is 5.82 Å². The summed E-state index contributed by atoms with van der Waals surface area (Å²) in [5.41, 5.74) is 11.9. The van der Waals surface area contributed by atoms with Crippen molar-refractivity contribution in [2.75, 3.05) is 5.73 Å². The average Bonchev–Trinajstić information content (AvgIpc) is 2.60. The molecule has 2 rings (SSSR count). The monoisotopic (exact) mass is 218 g/mol. The number of aromatic nitrogens is 4. The van der Waals surface area contributed by atoms with Crippen LogP contribution in [0.4, 0.5) is 5.69 Å². The number of anilines is 1. The summed E-state index contributed by atoms with van der Waals surface area (Å²) < 4.78 is 1.37. The van der Waals surface area contributed by atoms with Gasteiger partial charge in [0.05, 0.1) is 18.1 Å². The third-order valence-corrected chi connectivity index (χ3v) is 1.99. The normalized spacial score (nSPS) is 10.3. The Morgan fingerprint density at radius 1 is 1.50 bits per heavy atom. The third kappa shape index (κ3) is 1.70. The third-order valence-electron chi connectivity index (χ3n) is 1.99. The first kappa shape index (κ1) is 10.1. The highest BCUT2D eigenvalue weighted by atomic mass is 16.1. The largest absolute Gasteiger partial charge is 0.396 e. The fourth-order valence-corrected chi connectivity index (χ4v) is 1.26. The van der Waals surface area contributed by atoms with E-state index in [1.165, 1.54) is 10.9 Å². The first-order valence-electron chi connectivity index (χ1n) is 4.52. The maximum absolute atomic E-state index is 11.0. The number of carbonyl (C=O) groups excluding carboxylic acids is 1. The minimum Gasteiger partial charge on any atom is -0.396 e. The van der Waals surface area contributed by atoms with Gasteiger partial charge in [-0.25, -0.2) is 4.68 Å².